The van der Waals surface area contributed by atoms with Crippen LogP contribution in [0.1, 0.15) is 59.8 Å². The number of hydrogen-bond donors (Lipinski definition) is 1. The van der Waals surface area contributed by atoms with Crippen LogP contribution in [-0.4, -0.2) is 39.8 Å². The van der Waals surface area contributed by atoms with Gasteiger partial charge in [-0.2, -0.15) is 13.2 Å². The third-order valence-electron chi connectivity index (χ3n) is 4.94. The molecule has 1 aliphatic rings. The van der Waals surface area contributed by atoms with Gasteiger partial charge in [0.1, 0.15) is 5.69 Å². The number of carbonyl (C=O) groups excluding carboxylic acids is 1. The monoisotopic (exact) mass is 445 g/mol. The average Bonchev–Trinajstić information content (AvgIpc) is 3.36. The van der Waals surface area contributed by atoms with E-state index in [0.717, 1.165) is 25.0 Å². The molecule has 1 fully saturated rings. The van der Waals surface area contributed by atoms with E-state index in [1.165, 1.54) is 18.5 Å². The van der Waals surface area contributed by atoms with E-state index in [0.29, 0.717) is 6.42 Å². The summed E-state index contributed by atoms with van der Waals surface area (Å²) in [5, 5.41) is 10.3. The highest BCUT2D eigenvalue weighted by molar-refractivity contribution is 7.91. The maximum atomic E-state index is 12.8. The molecule has 0 aromatic carbocycles. The second kappa shape index (κ2) is 7.97. The lowest BCUT2D eigenvalue weighted by atomic mass is 10.1. The first kappa shape index (κ1) is 22.2. The molecule has 0 saturated heterocycles. The first-order chi connectivity index (χ1) is 13.9. The molecule has 0 aliphatic heterocycles. The molecule has 30 heavy (non-hydrogen) atoms. The van der Waals surface area contributed by atoms with Crippen LogP contribution in [0.4, 0.5) is 13.2 Å². The van der Waals surface area contributed by atoms with Gasteiger partial charge in [0.2, 0.25) is 15.0 Å². The van der Waals surface area contributed by atoms with E-state index >= 15 is 0 Å². The topological polar surface area (TPSA) is 107 Å². The van der Waals surface area contributed by atoms with Gasteiger partial charge < -0.3 is 9.88 Å². The number of rotatable bonds is 7. The Kier molecular flexibility index (Phi) is 5.89. The highest BCUT2D eigenvalue weighted by Gasteiger charge is 2.34. The minimum atomic E-state index is -4.60. The van der Waals surface area contributed by atoms with Crippen LogP contribution in [0.15, 0.2) is 17.3 Å². The number of sulfone groups is 1. The number of aromatic nitrogens is 4. The number of carbonyl (C=O) groups is 1. The summed E-state index contributed by atoms with van der Waals surface area (Å²) in [7, 11) is -2.09. The van der Waals surface area contributed by atoms with Crippen molar-refractivity contribution in [1.29, 1.82) is 0 Å². The highest BCUT2D eigenvalue weighted by Crippen LogP contribution is 2.32. The van der Waals surface area contributed by atoms with Crippen LogP contribution in [0.25, 0.3) is 0 Å². The molecule has 2 aromatic rings. The van der Waals surface area contributed by atoms with E-state index in [-0.39, 0.29) is 33.9 Å². The van der Waals surface area contributed by atoms with Gasteiger partial charge in [-0.3, -0.25) is 4.79 Å². The number of amides is 1. The van der Waals surface area contributed by atoms with Crippen molar-refractivity contribution in [3.05, 3.63) is 34.9 Å². The number of alkyl halides is 3. The van der Waals surface area contributed by atoms with Gasteiger partial charge in [-0.25, -0.2) is 13.4 Å². The zero-order valence-electron chi connectivity index (χ0n) is 16.7. The Hall–Kier alpha value is -2.50. The van der Waals surface area contributed by atoms with E-state index in [1.807, 2.05) is 0 Å². The van der Waals surface area contributed by atoms with Crippen molar-refractivity contribution in [3.63, 3.8) is 0 Å². The molecule has 3 rings (SSSR count). The molecule has 1 aliphatic carbocycles. The van der Waals surface area contributed by atoms with Crippen molar-refractivity contribution < 1.29 is 26.4 Å². The van der Waals surface area contributed by atoms with Gasteiger partial charge in [0.15, 0.2) is 5.82 Å². The molecule has 8 nitrogen and oxygen atoms in total. The molecule has 1 amide bonds. The van der Waals surface area contributed by atoms with Crippen molar-refractivity contribution in [2.24, 2.45) is 13.0 Å². The van der Waals surface area contributed by atoms with Crippen LogP contribution in [0, 0.1) is 12.8 Å². The van der Waals surface area contributed by atoms with Crippen molar-refractivity contribution in [2.75, 3.05) is 5.75 Å². The molecule has 1 unspecified atom stereocenters. The fraction of sp³-hybridized carbons (Fsp3) is 0.556. The lowest BCUT2D eigenvalue weighted by Gasteiger charge is -2.17. The van der Waals surface area contributed by atoms with E-state index in [9.17, 15) is 26.4 Å². The summed E-state index contributed by atoms with van der Waals surface area (Å²) in [5.74, 6) is -0.228. The Morgan fingerprint density at radius 3 is 2.50 bits per heavy atom. The number of nitrogens with zero attached hydrogens (tertiary/aromatic N) is 4. The molecular weight excluding hydrogens is 423 g/mol. The van der Waals surface area contributed by atoms with Crippen LogP contribution in [-0.2, 0) is 23.1 Å². The van der Waals surface area contributed by atoms with Crippen LogP contribution in [0.2, 0.25) is 0 Å². The second-order valence-corrected chi connectivity index (χ2v) is 9.31. The van der Waals surface area contributed by atoms with Gasteiger partial charge in [0, 0.05) is 7.05 Å². The van der Waals surface area contributed by atoms with Crippen LogP contribution in [0.5, 0.6) is 0 Å². The Balaban J connectivity index is 1.81. The number of halogens is 3. The summed E-state index contributed by atoms with van der Waals surface area (Å²) in [6.45, 7) is 3.08. The van der Waals surface area contributed by atoms with E-state index in [2.05, 4.69) is 20.5 Å². The van der Waals surface area contributed by atoms with Gasteiger partial charge in [0.25, 0.3) is 5.91 Å². The van der Waals surface area contributed by atoms with E-state index in [1.54, 1.807) is 6.92 Å². The molecular formula is C18H22F3N5O3S. The van der Waals surface area contributed by atoms with Gasteiger partial charge in [-0.1, -0.05) is 6.92 Å². The minimum Gasteiger partial charge on any atom is -0.342 e. The smallest absolute Gasteiger partial charge is 0.342 e. The van der Waals surface area contributed by atoms with Crippen molar-refractivity contribution >= 4 is 15.7 Å². The molecule has 0 bridgehead atoms. The van der Waals surface area contributed by atoms with Gasteiger partial charge in [-0.15, -0.1) is 10.2 Å². The third kappa shape index (κ3) is 4.63. The molecule has 164 valence electrons. The average molecular weight is 445 g/mol. The molecule has 2 aromatic heterocycles. The Bertz CT molecular complexity index is 1060. The number of nitrogens with one attached hydrogen (secondary N) is 1. The first-order valence-corrected chi connectivity index (χ1v) is 11.1. The maximum Gasteiger partial charge on any atom is 0.433 e. The summed E-state index contributed by atoms with van der Waals surface area (Å²) in [4.78, 5) is 16.1. The predicted octanol–water partition coefficient (Wildman–Crippen LogP) is 2.60. The Morgan fingerprint density at radius 2 is 1.97 bits per heavy atom. The molecule has 0 radical (unpaired) electrons. The molecule has 2 heterocycles. The number of aryl methyl sites for hydroxylation is 1. The summed E-state index contributed by atoms with van der Waals surface area (Å²) in [5.41, 5.74) is -1.16. The van der Waals surface area contributed by atoms with Crippen molar-refractivity contribution in [2.45, 2.75) is 50.5 Å². The number of pyridine rings is 1. The SMILES string of the molecule is CCC(NC(=O)c1ccc(C(F)(F)F)nc1C)c1nnc(S(=O)(=O)CC2CC2)n1C. The fourth-order valence-electron chi connectivity index (χ4n) is 3.11. The van der Waals surface area contributed by atoms with Crippen LogP contribution < -0.4 is 5.32 Å². The van der Waals surface area contributed by atoms with E-state index < -0.39 is 33.7 Å². The molecule has 0 spiro atoms. The van der Waals surface area contributed by atoms with Gasteiger partial charge >= 0.3 is 6.18 Å². The largest absolute Gasteiger partial charge is 0.433 e. The van der Waals surface area contributed by atoms with Crippen molar-refractivity contribution in [3.8, 4) is 0 Å². The normalized spacial score (nSPS) is 15.8. The first-order valence-electron chi connectivity index (χ1n) is 9.41. The Labute approximate surface area is 171 Å². The second-order valence-electron chi connectivity index (χ2n) is 7.39. The molecule has 1 atom stereocenters. The highest BCUT2D eigenvalue weighted by atomic mass is 32.2. The zero-order chi connectivity index (χ0) is 22.3. The number of hydrogen-bond acceptors (Lipinski definition) is 6. The molecule has 12 heteroatoms. The standard InChI is InChI=1S/C18H22F3N5O3S/c1-4-13(15-24-25-17(26(15)3)30(28,29)9-11-5-6-11)23-16(27)12-7-8-14(18(19,20)21)22-10(12)2/h7-8,11,13H,4-6,9H2,1-3H3,(H,23,27). The Morgan fingerprint density at radius 1 is 1.30 bits per heavy atom. The van der Waals surface area contributed by atoms with Gasteiger partial charge in [0.05, 0.1) is 23.1 Å². The zero-order valence-corrected chi connectivity index (χ0v) is 17.5. The quantitative estimate of drug-likeness (QED) is 0.702. The van der Waals surface area contributed by atoms with Crippen LogP contribution >= 0.6 is 0 Å². The predicted molar refractivity (Wildman–Crippen MR) is 100 cm³/mol. The summed E-state index contributed by atoms with van der Waals surface area (Å²) in [6, 6.07) is 1.13. The summed E-state index contributed by atoms with van der Waals surface area (Å²) in [6.07, 6.45) is -2.49. The summed E-state index contributed by atoms with van der Waals surface area (Å²) < 4.78 is 64.7. The molecule has 1 N–H and O–H groups in total. The minimum absolute atomic E-state index is 0.00908. The maximum absolute atomic E-state index is 12.8. The van der Waals surface area contributed by atoms with E-state index in [4.69, 9.17) is 0 Å². The van der Waals surface area contributed by atoms with Crippen molar-refractivity contribution in [1.82, 2.24) is 25.1 Å². The lowest BCUT2D eigenvalue weighted by molar-refractivity contribution is -0.141. The third-order valence-corrected chi connectivity index (χ3v) is 6.77. The van der Waals surface area contributed by atoms with Crippen LogP contribution in [0.3, 0.4) is 0 Å². The van der Waals surface area contributed by atoms with Gasteiger partial charge in [-0.05, 0) is 44.2 Å². The lowest BCUT2D eigenvalue weighted by Crippen LogP contribution is -2.31. The molecule has 1 saturated carbocycles. The summed E-state index contributed by atoms with van der Waals surface area (Å²) >= 11 is 0. The fourth-order valence-corrected chi connectivity index (χ4v) is 4.89.